The average molecular weight is 127 g/mol. The fraction of sp³-hybridized carbons (Fsp3) is 0.571. The molecule has 0 rings (SSSR count). The number of hydrogen-bond donors (Lipinski definition) is 1. The largest absolute Gasteiger partial charge is 0.308 e. The molecule has 0 aliphatic carbocycles. The van der Waals surface area contributed by atoms with Crippen LogP contribution >= 0.6 is 0 Å². The lowest BCUT2D eigenvalue weighted by atomic mass is 10.00. The van der Waals surface area contributed by atoms with E-state index < -0.39 is 5.54 Å². The molecule has 0 unspecified atom stereocenters. The summed E-state index contributed by atoms with van der Waals surface area (Å²) in [6.07, 6.45) is 1.33. The zero-order valence-corrected chi connectivity index (χ0v) is 6.19. The van der Waals surface area contributed by atoms with Crippen molar-refractivity contribution in [2.24, 2.45) is 0 Å². The van der Waals surface area contributed by atoms with Gasteiger partial charge in [-0.15, -0.1) is 0 Å². The molecule has 0 radical (unpaired) electrons. The van der Waals surface area contributed by atoms with Crippen LogP contribution in [0.25, 0.3) is 0 Å². The van der Waals surface area contributed by atoms with E-state index in [9.17, 15) is 4.79 Å². The molecule has 0 saturated carbocycles. The van der Waals surface area contributed by atoms with E-state index in [1.54, 1.807) is 7.05 Å². The summed E-state index contributed by atoms with van der Waals surface area (Å²) in [6, 6.07) is 0. The van der Waals surface area contributed by atoms with Crippen molar-refractivity contribution in [3.8, 4) is 0 Å². The Morgan fingerprint density at radius 1 is 1.67 bits per heavy atom. The van der Waals surface area contributed by atoms with E-state index in [2.05, 4.69) is 11.9 Å². The predicted molar refractivity (Wildman–Crippen MR) is 38.3 cm³/mol. The highest BCUT2D eigenvalue weighted by Gasteiger charge is 2.21. The lowest BCUT2D eigenvalue weighted by Crippen LogP contribution is -2.43. The summed E-state index contributed by atoms with van der Waals surface area (Å²) < 4.78 is 0. The van der Waals surface area contributed by atoms with Crippen molar-refractivity contribution in [1.82, 2.24) is 5.32 Å². The van der Waals surface area contributed by atoms with E-state index in [1.165, 1.54) is 6.08 Å². The van der Waals surface area contributed by atoms with Crippen LogP contribution in [0, 0.1) is 0 Å². The summed E-state index contributed by atoms with van der Waals surface area (Å²) in [4.78, 5) is 10.9. The third-order valence-electron chi connectivity index (χ3n) is 1.43. The minimum Gasteiger partial charge on any atom is -0.308 e. The molecule has 0 aromatic heterocycles. The lowest BCUT2D eigenvalue weighted by molar-refractivity contribution is -0.119. The van der Waals surface area contributed by atoms with E-state index in [0.717, 1.165) is 0 Å². The molecule has 0 aliphatic rings. The van der Waals surface area contributed by atoms with Gasteiger partial charge in [-0.2, -0.15) is 0 Å². The summed E-state index contributed by atoms with van der Waals surface area (Å²) in [7, 11) is 1.75. The number of nitrogens with one attached hydrogen (secondary N) is 1. The molecular formula is C7H13NO. The van der Waals surface area contributed by atoms with Crippen LogP contribution in [0.15, 0.2) is 12.7 Å². The van der Waals surface area contributed by atoms with Crippen molar-refractivity contribution < 1.29 is 4.79 Å². The highest BCUT2D eigenvalue weighted by atomic mass is 16.1. The van der Waals surface area contributed by atoms with Gasteiger partial charge in [0.05, 0.1) is 5.54 Å². The van der Waals surface area contributed by atoms with Crippen molar-refractivity contribution in [3.63, 3.8) is 0 Å². The Morgan fingerprint density at radius 3 is 2.22 bits per heavy atom. The minimum atomic E-state index is -0.457. The van der Waals surface area contributed by atoms with Gasteiger partial charge in [-0.25, -0.2) is 0 Å². The molecule has 0 atom stereocenters. The lowest BCUT2D eigenvalue weighted by Gasteiger charge is -2.19. The molecule has 0 bridgehead atoms. The zero-order valence-electron chi connectivity index (χ0n) is 6.19. The van der Waals surface area contributed by atoms with Crippen LogP contribution in [0.4, 0.5) is 0 Å². The third kappa shape index (κ3) is 1.98. The van der Waals surface area contributed by atoms with Gasteiger partial charge in [0, 0.05) is 0 Å². The van der Waals surface area contributed by atoms with Crippen molar-refractivity contribution in [1.29, 1.82) is 0 Å². The van der Waals surface area contributed by atoms with Crippen LogP contribution in [0.5, 0.6) is 0 Å². The first-order chi connectivity index (χ1) is 4.04. The second-order valence-electron chi connectivity index (χ2n) is 2.44. The van der Waals surface area contributed by atoms with Crippen LogP contribution in [0.2, 0.25) is 0 Å². The predicted octanol–water partition coefficient (Wildman–Crippen LogP) is 0.739. The van der Waals surface area contributed by atoms with Gasteiger partial charge in [-0.3, -0.25) is 4.79 Å². The van der Waals surface area contributed by atoms with E-state index in [0.29, 0.717) is 0 Å². The Hall–Kier alpha value is -0.630. The molecule has 0 fully saturated rings. The molecular weight excluding hydrogens is 114 g/mol. The Morgan fingerprint density at radius 2 is 2.11 bits per heavy atom. The molecule has 0 aromatic carbocycles. The van der Waals surface area contributed by atoms with Gasteiger partial charge >= 0.3 is 0 Å². The fourth-order valence-electron chi connectivity index (χ4n) is 0.378. The third-order valence-corrected chi connectivity index (χ3v) is 1.43. The molecule has 1 N–H and O–H groups in total. The Labute approximate surface area is 56.0 Å². The number of likely N-dealkylation sites (N-methyl/N-ethyl adjacent to an activating group) is 1. The second-order valence-corrected chi connectivity index (χ2v) is 2.44. The van der Waals surface area contributed by atoms with Gasteiger partial charge in [-0.05, 0) is 27.0 Å². The fourth-order valence-corrected chi connectivity index (χ4v) is 0.378. The molecule has 0 aromatic rings. The van der Waals surface area contributed by atoms with Crippen LogP contribution < -0.4 is 5.32 Å². The minimum absolute atomic E-state index is 0.0185. The van der Waals surface area contributed by atoms with Crippen molar-refractivity contribution in [3.05, 3.63) is 12.7 Å². The standard InChI is InChI=1S/C7H13NO/c1-5-6(9)7(2,3)8-4/h5,8H,1H2,2-4H3. The van der Waals surface area contributed by atoms with E-state index >= 15 is 0 Å². The molecule has 0 saturated heterocycles. The first-order valence-electron chi connectivity index (χ1n) is 2.90. The molecule has 2 nitrogen and oxygen atoms in total. The zero-order chi connectivity index (χ0) is 7.49. The molecule has 0 amide bonds. The number of rotatable bonds is 3. The first kappa shape index (κ1) is 8.37. The van der Waals surface area contributed by atoms with Gasteiger partial charge in [-0.1, -0.05) is 6.58 Å². The molecule has 0 aliphatic heterocycles. The maximum atomic E-state index is 10.9. The van der Waals surface area contributed by atoms with Gasteiger partial charge in [0.15, 0.2) is 5.78 Å². The normalized spacial score (nSPS) is 11.0. The quantitative estimate of drug-likeness (QED) is 0.566. The topological polar surface area (TPSA) is 29.1 Å². The van der Waals surface area contributed by atoms with E-state index in [1.807, 2.05) is 13.8 Å². The maximum Gasteiger partial charge on any atom is 0.174 e. The average Bonchev–Trinajstić information content (AvgIpc) is 1.86. The summed E-state index contributed by atoms with van der Waals surface area (Å²) in [5.74, 6) is 0.0185. The van der Waals surface area contributed by atoms with Crippen LogP contribution in [0.1, 0.15) is 13.8 Å². The number of hydrogen-bond acceptors (Lipinski definition) is 2. The van der Waals surface area contributed by atoms with Gasteiger partial charge in [0.2, 0.25) is 0 Å². The van der Waals surface area contributed by atoms with E-state index in [4.69, 9.17) is 0 Å². The number of carbonyl (C=O) groups excluding carboxylic acids is 1. The number of ketones is 1. The first-order valence-corrected chi connectivity index (χ1v) is 2.90. The van der Waals surface area contributed by atoms with Crippen molar-refractivity contribution >= 4 is 5.78 Å². The molecule has 52 valence electrons. The molecule has 0 heterocycles. The van der Waals surface area contributed by atoms with E-state index in [-0.39, 0.29) is 5.78 Å². The van der Waals surface area contributed by atoms with Crippen LogP contribution in [-0.2, 0) is 4.79 Å². The van der Waals surface area contributed by atoms with Gasteiger partial charge in [0.1, 0.15) is 0 Å². The Balaban J connectivity index is 4.13. The maximum absolute atomic E-state index is 10.9. The summed E-state index contributed by atoms with van der Waals surface area (Å²) in [6.45, 7) is 7.02. The van der Waals surface area contributed by atoms with Gasteiger partial charge in [0.25, 0.3) is 0 Å². The molecule has 9 heavy (non-hydrogen) atoms. The summed E-state index contributed by atoms with van der Waals surface area (Å²) in [5, 5.41) is 2.87. The Kier molecular flexibility index (Phi) is 2.59. The van der Waals surface area contributed by atoms with Crippen molar-refractivity contribution in [2.75, 3.05) is 7.05 Å². The number of carbonyl (C=O) groups is 1. The van der Waals surface area contributed by atoms with Crippen LogP contribution in [0.3, 0.4) is 0 Å². The van der Waals surface area contributed by atoms with Crippen LogP contribution in [-0.4, -0.2) is 18.4 Å². The van der Waals surface area contributed by atoms with Crippen molar-refractivity contribution in [2.45, 2.75) is 19.4 Å². The molecule has 2 heteroatoms. The molecule has 0 spiro atoms. The smallest absolute Gasteiger partial charge is 0.174 e. The highest BCUT2D eigenvalue weighted by molar-refractivity contribution is 5.96. The summed E-state index contributed by atoms with van der Waals surface area (Å²) in [5.41, 5.74) is -0.457. The monoisotopic (exact) mass is 127 g/mol. The second kappa shape index (κ2) is 2.78. The SMILES string of the molecule is C=CC(=O)C(C)(C)NC. The highest BCUT2D eigenvalue weighted by Crippen LogP contribution is 2.01. The Bertz CT molecular complexity index is 127. The summed E-state index contributed by atoms with van der Waals surface area (Å²) >= 11 is 0. The van der Waals surface area contributed by atoms with Gasteiger partial charge < -0.3 is 5.32 Å².